The molecule has 112 valence electrons. The second kappa shape index (κ2) is 5.80. The van der Waals surface area contributed by atoms with E-state index in [-0.39, 0.29) is 28.8 Å². The number of likely N-dealkylation sites (tertiary alicyclic amines) is 1. The molecule has 2 amide bonds. The van der Waals surface area contributed by atoms with Gasteiger partial charge in [-0.1, -0.05) is 11.8 Å². The van der Waals surface area contributed by atoms with Gasteiger partial charge in [-0.25, -0.2) is 14.8 Å². The Morgan fingerprint density at radius 3 is 2.57 bits per heavy atom. The Balaban J connectivity index is 2.34. The van der Waals surface area contributed by atoms with Gasteiger partial charge in [0.2, 0.25) is 11.8 Å². The van der Waals surface area contributed by atoms with Crippen molar-refractivity contribution in [2.75, 3.05) is 6.54 Å². The van der Waals surface area contributed by atoms with Gasteiger partial charge in [0.15, 0.2) is 0 Å². The molecule has 0 bridgehead atoms. The summed E-state index contributed by atoms with van der Waals surface area (Å²) in [6.07, 6.45) is 0.0680. The number of carbonyl (C=O) groups excluding carboxylic acids is 2. The normalized spacial score (nSPS) is 18.4. The van der Waals surface area contributed by atoms with Crippen LogP contribution in [0.15, 0.2) is 5.03 Å². The fourth-order valence-corrected chi connectivity index (χ4v) is 3.49. The standard InChI is InChI=1S/C13H15N3O4S/c1-4-16-9(17)5-8(12(16)18)21-11-10(13(19)20)6(2)14-7(3)15-11/h8H,4-5H2,1-3H3,(H,19,20). The molecule has 0 radical (unpaired) electrons. The predicted octanol–water partition coefficient (Wildman–Crippen LogP) is 1.03. The Bertz CT molecular complexity index is 632. The molecule has 7 nitrogen and oxygen atoms in total. The van der Waals surface area contributed by atoms with Crippen LogP contribution in [0.5, 0.6) is 0 Å². The third kappa shape index (κ3) is 2.90. The number of carbonyl (C=O) groups is 3. The summed E-state index contributed by atoms with van der Waals surface area (Å²) in [6, 6.07) is 0. The highest BCUT2D eigenvalue weighted by atomic mass is 32.2. The molecular formula is C13H15N3O4S. The van der Waals surface area contributed by atoms with Gasteiger partial charge in [0.1, 0.15) is 16.4 Å². The minimum absolute atomic E-state index is 0.0132. The first-order chi connectivity index (χ1) is 9.85. The zero-order valence-corrected chi connectivity index (χ0v) is 12.7. The summed E-state index contributed by atoms with van der Waals surface area (Å²) in [4.78, 5) is 44.5. The van der Waals surface area contributed by atoms with Crippen LogP contribution in [0.1, 0.15) is 35.2 Å². The maximum absolute atomic E-state index is 12.1. The fraction of sp³-hybridized carbons (Fsp3) is 0.462. The summed E-state index contributed by atoms with van der Waals surface area (Å²) >= 11 is 1.02. The lowest BCUT2D eigenvalue weighted by molar-refractivity contribution is -0.137. The van der Waals surface area contributed by atoms with E-state index in [4.69, 9.17) is 0 Å². The second-order valence-electron chi connectivity index (χ2n) is 4.63. The number of imide groups is 1. The first-order valence-electron chi connectivity index (χ1n) is 6.44. The molecule has 1 N–H and O–H groups in total. The van der Waals surface area contributed by atoms with Gasteiger partial charge in [0, 0.05) is 13.0 Å². The molecule has 1 atom stereocenters. The van der Waals surface area contributed by atoms with Crippen molar-refractivity contribution in [2.24, 2.45) is 0 Å². The molecule has 2 heterocycles. The molecule has 21 heavy (non-hydrogen) atoms. The number of nitrogens with zero attached hydrogens (tertiary/aromatic N) is 3. The number of aryl methyl sites for hydroxylation is 2. The lowest BCUT2D eigenvalue weighted by Crippen LogP contribution is -2.30. The maximum Gasteiger partial charge on any atom is 0.340 e. The molecule has 1 aliphatic heterocycles. The number of rotatable bonds is 4. The minimum atomic E-state index is -1.14. The van der Waals surface area contributed by atoms with Gasteiger partial charge in [-0.15, -0.1) is 0 Å². The van der Waals surface area contributed by atoms with Gasteiger partial charge in [-0.3, -0.25) is 14.5 Å². The zero-order valence-electron chi connectivity index (χ0n) is 11.9. The number of carboxylic acid groups (broad SMARTS) is 1. The maximum atomic E-state index is 12.1. The first-order valence-corrected chi connectivity index (χ1v) is 7.32. The van der Waals surface area contributed by atoms with E-state index in [2.05, 4.69) is 9.97 Å². The third-order valence-electron chi connectivity index (χ3n) is 3.16. The van der Waals surface area contributed by atoms with Crippen LogP contribution < -0.4 is 0 Å². The number of hydrogen-bond acceptors (Lipinski definition) is 6. The molecule has 1 unspecified atom stereocenters. The number of thioether (sulfide) groups is 1. The molecule has 0 spiro atoms. The van der Waals surface area contributed by atoms with Crippen molar-refractivity contribution in [1.82, 2.24) is 14.9 Å². The van der Waals surface area contributed by atoms with Crippen LogP contribution >= 0.6 is 11.8 Å². The number of amides is 2. The van der Waals surface area contributed by atoms with Crippen molar-refractivity contribution < 1.29 is 19.5 Å². The molecule has 0 aliphatic carbocycles. The summed E-state index contributed by atoms with van der Waals surface area (Å²) in [7, 11) is 0. The topological polar surface area (TPSA) is 100 Å². The van der Waals surface area contributed by atoms with Gasteiger partial charge in [-0.2, -0.15) is 0 Å². The van der Waals surface area contributed by atoms with E-state index in [1.807, 2.05) is 0 Å². The van der Waals surface area contributed by atoms with Crippen molar-refractivity contribution >= 4 is 29.5 Å². The molecule has 1 saturated heterocycles. The second-order valence-corrected chi connectivity index (χ2v) is 5.82. The lowest BCUT2D eigenvalue weighted by Gasteiger charge is -2.13. The smallest absolute Gasteiger partial charge is 0.340 e. The van der Waals surface area contributed by atoms with E-state index >= 15 is 0 Å². The van der Waals surface area contributed by atoms with Crippen LogP contribution in [0.4, 0.5) is 0 Å². The first kappa shape index (κ1) is 15.4. The average Bonchev–Trinajstić information content (AvgIpc) is 2.62. The van der Waals surface area contributed by atoms with Gasteiger partial charge in [0.25, 0.3) is 0 Å². The Morgan fingerprint density at radius 2 is 2.05 bits per heavy atom. The molecule has 2 rings (SSSR count). The summed E-state index contributed by atoms with van der Waals surface area (Å²) in [5, 5.41) is 8.88. The Labute approximate surface area is 125 Å². The Hall–Kier alpha value is -1.96. The zero-order chi connectivity index (χ0) is 15.7. The van der Waals surface area contributed by atoms with Crippen LogP contribution in [-0.2, 0) is 9.59 Å². The fourth-order valence-electron chi connectivity index (χ4n) is 2.22. The number of aromatic nitrogens is 2. The van der Waals surface area contributed by atoms with Crippen LogP contribution in [-0.4, -0.2) is 49.6 Å². The summed E-state index contributed by atoms with van der Waals surface area (Å²) in [6.45, 7) is 5.29. The van der Waals surface area contributed by atoms with Crippen LogP contribution in [0.25, 0.3) is 0 Å². The number of carboxylic acids is 1. The summed E-state index contributed by atoms with van der Waals surface area (Å²) in [5.74, 6) is -1.24. The Morgan fingerprint density at radius 1 is 1.38 bits per heavy atom. The van der Waals surface area contributed by atoms with Crippen molar-refractivity contribution in [3.63, 3.8) is 0 Å². The van der Waals surface area contributed by atoms with Crippen molar-refractivity contribution in [3.8, 4) is 0 Å². The van der Waals surface area contributed by atoms with Crippen LogP contribution in [0.2, 0.25) is 0 Å². The molecule has 0 saturated carbocycles. The Kier molecular flexibility index (Phi) is 4.26. The van der Waals surface area contributed by atoms with E-state index < -0.39 is 11.2 Å². The van der Waals surface area contributed by atoms with E-state index in [1.165, 1.54) is 4.90 Å². The van der Waals surface area contributed by atoms with Crippen LogP contribution in [0.3, 0.4) is 0 Å². The largest absolute Gasteiger partial charge is 0.478 e. The predicted molar refractivity (Wildman–Crippen MR) is 75.1 cm³/mol. The molecule has 0 aromatic carbocycles. The number of hydrogen-bond donors (Lipinski definition) is 1. The molecule has 1 aliphatic rings. The van der Waals surface area contributed by atoms with Crippen LogP contribution in [0, 0.1) is 13.8 Å². The van der Waals surface area contributed by atoms with Gasteiger partial charge < -0.3 is 5.11 Å². The molecule has 1 aromatic heterocycles. The van der Waals surface area contributed by atoms with E-state index in [1.54, 1.807) is 20.8 Å². The van der Waals surface area contributed by atoms with Gasteiger partial charge in [0.05, 0.1) is 10.9 Å². The highest BCUT2D eigenvalue weighted by Crippen LogP contribution is 2.33. The molecular weight excluding hydrogens is 294 g/mol. The monoisotopic (exact) mass is 309 g/mol. The van der Waals surface area contributed by atoms with Crippen molar-refractivity contribution in [1.29, 1.82) is 0 Å². The number of aromatic carboxylic acids is 1. The quantitative estimate of drug-likeness (QED) is 0.655. The van der Waals surface area contributed by atoms with E-state index in [0.29, 0.717) is 18.1 Å². The highest BCUT2D eigenvalue weighted by Gasteiger charge is 2.39. The van der Waals surface area contributed by atoms with E-state index in [9.17, 15) is 19.5 Å². The van der Waals surface area contributed by atoms with Crippen molar-refractivity contribution in [2.45, 2.75) is 37.5 Å². The van der Waals surface area contributed by atoms with Gasteiger partial charge in [-0.05, 0) is 20.8 Å². The van der Waals surface area contributed by atoms with Gasteiger partial charge >= 0.3 is 5.97 Å². The van der Waals surface area contributed by atoms with E-state index in [0.717, 1.165) is 11.8 Å². The highest BCUT2D eigenvalue weighted by molar-refractivity contribution is 8.00. The SMILES string of the molecule is CCN1C(=O)CC(Sc2nc(C)nc(C)c2C(=O)O)C1=O. The average molecular weight is 309 g/mol. The third-order valence-corrected chi connectivity index (χ3v) is 4.33. The summed E-state index contributed by atoms with van der Waals surface area (Å²) < 4.78 is 0. The molecule has 8 heteroatoms. The minimum Gasteiger partial charge on any atom is -0.478 e. The lowest BCUT2D eigenvalue weighted by atomic mass is 10.2. The molecule has 1 fully saturated rings. The summed E-state index contributed by atoms with van der Waals surface area (Å²) in [5.41, 5.74) is 0.336. The van der Waals surface area contributed by atoms with Crippen molar-refractivity contribution in [3.05, 3.63) is 17.1 Å². The molecule has 1 aromatic rings.